The third kappa shape index (κ3) is 3.47. The van der Waals surface area contributed by atoms with Crippen LogP contribution >= 0.6 is 0 Å². The molecule has 134 valence electrons. The second-order valence-corrected chi connectivity index (χ2v) is 5.96. The Hall–Kier alpha value is -3.08. The number of hydrogen-bond acceptors (Lipinski definition) is 5. The summed E-state index contributed by atoms with van der Waals surface area (Å²) >= 11 is 0. The summed E-state index contributed by atoms with van der Waals surface area (Å²) < 4.78 is 16.2. The number of esters is 1. The van der Waals surface area contributed by atoms with E-state index < -0.39 is 5.97 Å². The van der Waals surface area contributed by atoms with E-state index in [2.05, 4.69) is 0 Å². The number of benzene rings is 2. The standard InChI is InChI=1S/C21H20O5/c1-4-24-19(22)12-25-17-10-9-16-20(23)18(26-21(16)14(17)3)11-15-8-6-5-7-13(15)2/h5-11H,4,12H2,1-3H3/b18-11-. The number of ether oxygens (including phenoxy) is 3. The molecule has 26 heavy (non-hydrogen) atoms. The molecule has 5 heteroatoms. The molecule has 0 unspecified atom stereocenters. The molecule has 0 saturated heterocycles. The number of Topliss-reactive ketones (excluding diaryl/α,β-unsaturated/α-hetero) is 1. The van der Waals surface area contributed by atoms with E-state index in [9.17, 15) is 9.59 Å². The molecular weight excluding hydrogens is 332 g/mol. The van der Waals surface area contributed by atoms with Gasteiger partial charge in [0.2, 0.25) is 5.78 Å². The molecule has 0 aromatic heterocycles. The van der Waals surface area contributed by atoms with Crippen LogP contribution in [0.1, 0.15) is 34.0 Å². The van der Waals surface area contributed by atoms with Crippen molar-refractivity contribution < 1.29 is 23.8 Å². The molecule has 0 spiro atoms. The van der Waals surface area contributed by atoms with Crippen LogP contribution in [0, 0.1) is 13.8 Å². The van der Waals surface area contributed by atoms with Gasteiger partial charge in [0.25, 0.3) is 0 Å². The molecule has 0 amide bonds. The Kier molecular flexibility index (Phi) is 5.07. The van der Waals surface area contributed by atoms with E-state index >= 15 is 0 Å². The van der Waals surface area contributed by atoms with Gasteiger partial charge >= 0.3 is 5.97 Å². The summed E-state index contributed by atoms with van der Waals surface area (Å²) in [7, 11) is 0. The maximum Gasteiger partial charge on any atom is 0.344 e. The number of allylic oxidation sites excluding steroid dienone is 1. The minimum atomic E-state index is -0.440. The summed E-state index contributed by atoms with van der Waals surface area (Å²) in [6.07, 6.45) is 1.75. The highest BCUT2D eigenvalue weighted by atomic mass is 16.6. The molecule has 1 heterocycles. The van der Waals surface area contributed by atoms with Crippen molar-refractivity contribution in [3.63, 3.8) is 0 Å². The smallest absolute Gasteiger partial charge is 0.344 e. The quantitative estimate of drug-likeness (QED) is 0.604. The molecule has 5 nitrogen and oxygen atoms in total. The average Bonchev–Trinajstić information content (AvgIpc) is 2.94. The topological polar surface area (TPSA) is 61.8 Å². The fourth-order valence-corrected chi connectivity index (χ4v) is 2.75. The molecule has 0 N–H and O–H groups in total. The lowest BCUT2D eigenvalue weighted by Crippen LogP contribution is -2.15. The molecule has 0 atom stereocenters. The zero-order chi connectivity index (χ0) is 18.7. The van der Waals surface area contributed by atoms with Crippen molar-refractivity contribution in [1.82, 2.24) is 0 Å². The van der Waals surface area contributed by atoms with E-state index in [1.54, 1.807) is 32.1 Å². The average molecular weight is 352 g/mol. The Morgan fingerprint density at radius 2 is 1.92 bits per heavy atom. The number of carbonyl (C=O) groups excluding carboxylic acids is 2. The predicted octanol–water partition coefficient (Wildman–Crippen LogP) is 3.86. The van der Waals surface area contributed by atoms with Crippen LogP contribution in [0.15, 0.2) is 42.2 Å². The number of hydrogen-bond donors (Lipinski definition) is 0. The Balaban J connectivity index is 1.85. The second kappa shape index (κ2) is 7.44. The summed E-state index contributed by atoms with van der Waals surface area (Å²) in [5.41, 5.74) is 3.15. The lowest BCUT2D eigenvalue weighted by Gasteiger charge is -2.10. The molecule has 2 aromatic rings. The highest BCUT2D eigenvalue weighted by Crippen LogP contribution is 2.39. The van der Waals surface area contributed by atoms with Gasteiger partial charge in [-0.15, -0.1) is 0 Å². The summed E-state index contributed by atoms with van der Waals surface area (Å²) in [4.78, 5) is 24.1. The van der Waals surface area contributed by atoms with Crippen LogP contribution in [-0.4, -0.2) is 25.0 Å². The van der Waals surface area contributed by atoms with Gasteiger partial charge in [0.05, 0.1) is 12.2 Å². The van der Waals surface area contributed by atoms with Crippen molar-refractivity contribution >= 4 is 17.8 Å². The number of aryl methyl sites for hydroxylation is 1. The summed E-state index contributed by atoms with van der Waals surface area (Å²) in [5.74, 6) is 0.630. The summed E-state index contributed by atoms with van der Waals surface area (Å²) in [5, 5.41) is 0. The number of fused-ring (bicyclic) bond motifs is 1. The van der Waals surface area contributed by atoms with Crippen molar-refractivity contribution in [3.8, 4) is 11.5 Å². The lowest BCUT2D eigenvalue weighted by molar-refractivity contribution is -0.145. The van der Waals surface area contributed by atoms with Gasteiger partial charge in [-0.05, 0) is 50.1 Å². The highest BCUT2D eigenvalue weighted by Gasteiger charge is 2.30. The Bertz CT molecular complexity index is 895. The molecule has 3 rings (SSSR count). The van der Waals surface area contributed by atoms with Crippen molar-refractivity contribution in [2.24, 2.45) is 0 Å². The van der Waals surface area contributed by atoms with Crippen LogP contribution in [0.2, 0.25) is 0 Å². The SMILES string of the molecule is CCOC(=O)COc1ccc2c(c1C)O/C(=C\c1ccccc1C)C2=O. The molecule has 1 aliphatic heterocycles. The van der Waals surface area contributed by atoms with Gasteiger partial charge in [0, 0.05) is 5.56 Å². The third-order valence-corrected chi connectivity index (χ3v) is 4.16. The lowest BCUT2D eigenvalue weighted by atomic mass is 10.0. The first-order chi connectivity index (χ1) is 12.5. The predicted molar refractivity (Wildman–Crippen MR) is 97.4 cm³/mol. The van der Waals surface area contributed by atoms with E-state index in [4.69, 9.17) is 14.2 Å². The number of ketones is 1. The first kappa shape index (κ1) is 17.7. The summed E-state index contributed by atoms with van der Waals surface area (Å²) in [6, 6.07) is 11.1. The molecule has 1 aliphatic rings. The molecule has 2 aromatic carbocycles. The minimum Gasteiger partial charge on any atom is -0.481 e. The van der Waals surface area contributed by atoms with Crippen molar-refractivity contribution in [1.29, 1.82) is 0 Å². The first-order valence-corrected chi connectivity index (χ1v) is 8.43. The third-order valence-electron chi connectivity index (χ3n) is 4.16. The fraction of sp³-hybridized carbons (Fsp3) is 0.238. The fourth-order valence-electron chi connectivity index (χ4n) is 2.75. The Morgan fingerprint density at radius 3 is 2.65 bits per heavy atom. The Labute approximate surface area is 152 Å². The monoisotopic (exact) mass is 352 g/mol. The zero-order valence-electron chi connectivity index (χ0n) is 15.0. The van der Waals surface area contributed by atoms with Gasteiger partial charge < -0.3 is 14.2 Å². The van der Waals surface area contributed by atoms with Crippen molar-refractivity contribution in [2.75, 3.05) is 13.2 Å². The van der Waals surface area contributed by atoms with Gasteiger partial charge in [-0.25, -0.2) is 4.79 Å². The number of rotatable bonds is 5. The van der Waals surface area contributed by atoms with Gasteiger partial charge in [-0.3, -0.25) is 4.79 Å². The second-order valence-electron chi connectivity index (χ2n) is 5.96. The van der Waals surface area contributed by atoms with Crippen LogP contribution < -0.4 is 9.47 Å². The van der Waals surface area contributed by atoms with E-state index in [-0.39, 0.29) is 18.1 Å². The summed E-state index contributed by atoms with van der Waals surface area (Å²) in [6.45, 7) is 5.62. The van der Waals surface area contributed by atoms with Crippen molar-refractivity contribution in [3.05, 3.63) is 64.4 Å². The Morgan fingerprint density at radius 1 is 1.15 bits per heavy atom. The van der Waals surface area contributed by atoms with Gasteiger partial charge in [-0.2, -0.15) is 0 Å². The molecule has 0 radical (unpaired) electrons. The maximum atomic E-state index is 12.6. The molecular formula is C21H20O5. The van der Waals surface area contributed by atoms with Crippen LogP contribution in [0.5, 0.6) is 11.5 Å². The van der Waals surface area contributed by atoms with Crippen LogP contribution in [0.4, 0.5) is 0 Å². The van der Waals surface area contributed by atoms with Gasteiger partial charge in [0.1, 0.15) is 11.5 Å². The molecule has 0 saturated carbocycles. The first-order valence-electron chi connectivity index (χ1n) is 8.43. The normalized spacial score (nSPS) is 14.1. The van der Waals surface area contributed by atoms with Gasteiger partial charge in [0.15, 0.2) is 12.4 Å². The van der Waals surface area contributed by atoms with Crippen molar-refractivity contribution in [2.45, 2.75) is 20.8 Å². The van der Waals surface area contributed by atoms with Gasteiger partial charge in [-0.1, -0.05) is 24.3 Å². The minimum absolute atomic E-state index is 0.164. The zero-order valence-corrected chi connectivity index (χ0v) is 15.0. The van der Waals surface area contributed by atoms with E-state index in [1.807, 2.05) is 31.2 Å². The van der Waals surface area contributed by atoms with E-state index in [1.165, 1.54) is 0 Å². The highest BCUT2D eigenvalue weighted by molar-refractivity contribution is 6.15. The van der Waals surface area contributed by atoms with E-state index in [0.717, 1.165) is 11.1 Å². The molecule has 0 bridgehead atoms. The van der Waals surface area contributed by atoms with Crippen LogP contribution in [-0.2, 0) is 9.53 Å². The molecule has 0 fully saturated rings. The van der Waals surface area contributed by atoms with E-state index in [0.29, 0.717) is 29.2 Å². The number of carbonyl (C=O) groups is 2. The van der Waals surface area contributed by atoms with Crippen LogP contribution in [0.25, 0.3) is 6.08 Å². The van der Waals surface area contributed by atoms with Crippen LogP contribution in [0.3, 0.4) is 0 Å². The largest absolute Gasteiger partial charge is 0.481 e. The molecule has 0 aliphatic carbocycles. The maximum absolute atomic E-state index is 12.6.